The van der Waals surface area contributed by atoms with Crippen LogP contribution in [0.25, 0.3) is 0 Å². The van der Waals surface area contributed by atoms with Gasteiger partial charge in [-0.1, -0.05) is 18.2 Å². The molecule has 1 aromatic rings. The van der Waals surface area contributed by atoms with Crippen LogP contribution in [0.2, 0.25) is 0 Å². The Hall–Kier alpha value is -1.39. The molecule has 4 nitrogen and oxygen atoms in total. The van der Waals surface area contributed by atoms with Crippen LogP contribution in [0.3, 0.4) is 0 Å². The van der Waals surface area contributed by atoms with Crippen LogP contribution in [0.15, 0.2) is 24.3 Å². The molecular formula is C10H12N2O2. The van der Waals surface area contributed by atoms with Crippen LogP contribution in [-0.2, 0) is 0 Å². The van der Waals surface area contributed by atoms with E-state index < -0.39 is 6.23 Å². The summed E-state index contributed by atoms with van der Waals surface area (Å²) in [6, 6.07) is 7.10. The van der Waals surface area contributed by atoms with Crippen molar-refractivity contribution in [2.45, 2.75) is 6.23 Å². The first-order chi connectivity index (χ1) is 6.63. The lowest BCUT2D eigenvalue weighted by Gasteiger charge is -2.27. The van der Waals surface area contributed by atoms with Crippen molar-refractivity contribution in [1.29, 1.82) is 0 Å². The normalized spacial score (nSPS) is 20.4. The number of aliphatic hydroxyl groups is 1. The van der Waals surface area contributed by atoms with Crippen molar-refractivity contribution in [2.24, 2.45) is 0 Å². The Kier molecular flexibility index (Phi) is 2.02. The molecule has 1 unspecified atom stereocenters. The number of benzene rings is 1. The van der Waals surface area contributed by atoms with Gasteiger partial charge in [0.05, 0.1) is 0 Å². The minimum Gasteiger partial charge on any atom is -0.368 e. The van der Waals surface area contributed by atoms with Gasteiger partial charge in [0.25, 0.3) is 5.91 Å². The van der Waals surface area contributed by atoms with Gasteiger partial charge < -0.3 is 5.11 Å². The average molecular weight is 192 g/mol. The highest BCUT2D eigenvalue weighted by molar-refractivity contribution is 5.98. The third-order valence-electron chi connectivity index (χ3n) is 2.34. The van der Waals surface area contributed by atoms with Gasteiger partial charge in [-0.25, -0.2) is 10.0 Å². The van der Waals surface area contributed by atoms with Gasteiger partial charge in [0, 0.05) is 25.2 Å². The van der Waals surface area contributed by atoms with E-state index in [1.165, 1.54) is 5.01 Å². The molecule has 0 bridgehead atoms. The summed E-state index contributed by atoms with van der Waals surface area (Å²) in [5.74, 6) is -0.155. The molecule has 0 aliphatic carbocycles. The third kappa shape index (κ3) is 1.12. The smallest absolute Gasteiger partial charge is 0.271 e. The van der Waals surface area contributed by atoms with Crippen LogP contribution < -0.4 is 0 Å². The fourth-order valence-electron chi connectivity index (χ4n) is 1.68. The summed E-state index contributed by atoms with van der Waals surface area (Å²) >= 11 is 0. The van der Waals surface area contributed by atoms with Gasteiger partial charge in [-0.15, -0.1) is 0 Å². The van der Waals surface area contributed by atoms with Crippen molar-refractivity contribution in [3.05, 3.63) is 35.4 Å². The SMILES string of the molecule is CN(C)N1C(=O)c2ccccc2C1O. The maximum atomic E-state index is 11.8. The summed E-state index contributed by atoms with van der Waals surface area (Å²) in [6.07, 6.45) is -0.853. The Morgan fingerprint density at radius 1 is 1.36 bits per heavy atom. The van der Waals surface area contributed by atoms with Crippen LogP contribution in [-0.4, -0.2) is 35.1 Å². The van der Waals surface area contributed by atoms with Crippen LogP contribution in [0.1, 0.15) is 22.1 Å². The van der Waals surface area contributed by atoms with Crippen LogP contribution in [0, 0.1) is 0 Å². The van der Waals surface area contributed by atoms with E-state index in [1.54, 1.807) is 37.3 Å². The fraction of sp³-hybridized carbons (Fsp3) is 0.300. The number of hydrogen-bond acceptors (Lipinski definition) is 3. The number of carbonyl (C=O) groups is 1. The van der Waals surface area contributed by atoms with Crippen LogP contribution in [0.5, 0.6) is 0 Å². The van der Waals surface area contributed by atoms with E-state index in [1.807, 2.05) is 6.07 Å². The molecule has 1 heterocycles. The molecule has 1 atom stereocenters. The van der Waals surface area contributed by atoms with E-state index in [-0.39, 0.29) is 5.91 Å². The van der Waals surface area contributed by atoms with Crippen molar-refractivity contribution in [3.63, 3.8) is 0 Å². The summed E-state index contributed by atoms with van der Waals surface area (Å²) in [4.78, 5) is 11.8. The summed E-state index contributed by atoms with van der Waals surface area (Å²) in [5, 5.41) is 12.8. The number of hydrazine groups is 1. The lowest BCUT2D eigenvalue weighted by atomic mass is 10.1. The Bertz CT molecular complexity index is 376. The Morgan fingerprint density at radius 3 is 2.57 bits per heavy atom. The molecule has 0 aromatic heterocycles. The summed E-state index contributed by atoms with van der Waals surface area (Å²) in [5.41, 5.74) is 1.25. The standard InChI is InChI=1S/C10H12N2O2/c1-11(2)12-9(13)7-5-3-4-6-8(7)10(12)14/h3-6,9,13H,1-2H3. The van der Waals surface area contributed by atoms with Gasteiger partial charge in [-0.2, -0.15) is 0 Å². The van der Waals surface area contributed by atoms with Gasteiger partial charge in [-0.05, 0) is 6.07 Å². The zero-order valence-electron chi connectivity index (χ0n) is 8.14. The molecule has 14 heavy (non-hydrogen) atoms. The Morgan fingerprint density at radius 2 is 2.00 bits per heavy atom. The highest BCUT2D eigenvalue weighted by Gasteiger charge is 2.36. The molecule has 0 saturated carbocycles. The van der Waals surface area contributed by atoms with E-state index in [2.05, 4.69) is 0 Å². The van der Waals surface area contributed by atoms with Crippen LogP contribution in [0.4, 0.5) is 0 Å². The maximum Gasteiger partial charge on any atom is 0.271 e. The first-order valence-corrected chi connectivity index (χ1v) is 4.40. The predicted octanol–water partition coefficient (Wildman–Crippen LogP) is 0.610. The first-order valence-electron chi connectivity index (χ1n) is 4.40. The topological polar surface area (TPSA) is 43.8 Å². The number of nitrogens with zero attached hydrogens (tertiary/aromatic N) is 2. The van der Waals surface area contributed by atoms with Gasteiger partial charge in [0.2, 0.25) is 0 Å². The third-order valence-corrected chi connectivity index (χ3v) is 2.34. The van der Waals surface area contributed by atoms with Crippen molar-refractivity contribution < 1.29 is 9.90 Å². The van der Waals surface area contributed by atoms with E-state index in [4.69, 9.17) is 0 Å². The highest BCUT2D eigenvalue weighted by Crippen LogP contribution is 2.31. The first kappa shape index (κ1) is 9.18. The Balaban J connectivity index is 2.48. The zero-order valence-corrected chi connectivity index (χ0v) is 8.14. The lowest BCUT2D eigenvalue weighted by Crippen LogP contribution is -2.39. The van der Waals surface area contributed by atoms with E-state index in [0.717, 1.165) is 0 Å². The molecule has 0 radical (unpaired) electrons. The minimum atomic E-state index is -0.853. The van der Waals surface area contributed by atoms with Crippen molar-refractivity contribution in [3.8, 4) is 0 Å². The second-order valence-electron chi connectivity index (χ2n) is 3.46. The van der Waals surface area contributed by atoms with Gasteiger partial charge in [-0.3, -0.25) is 4.79 Å². The molecule has 1 N–H and O–H groups in total. The number of fused-ring (bicyclic) bond motifs is 1. The number of carbonyl (C=O) groups excluding carboxylic acids is 1. The summed E-state index contributed by atoms with van der Waals surface area (Å²) in [6.45, 7) is 0. The summed E-state index contributed by atoms with van der Waals surface area (Å²) in [7, 11) is 3.46. The zero-order chi connectivity index (χ0) is 10.3. The van der Waals surface area contributed by atoms with E-state index >= 15 is 0 Å². The van der Waals surface area contributed by atoms with Gasteiger partial charge in [0.1, 0.15) is 0 Å². The molecule has 1 aliphatic heterocycles. The van der Waals surface area contributed by atoms with Crippen molar-refractivity contribution in [2.75, 3.05) is 14.1 Å². The van der Waals surface area contributed by atoms with E-state index in [9.17, 15) is 9.90 Å². The number of amides is 1. The lowest BCUT2D eigenvalue weighted by molar-refractivity contribution is -0.0772. The maximum absolute atomic E-state index is 11.8. The molecule has 0 fully saturated rings. The van der Waals surface area contributed by atoms with Gasteiger partial charge in [0.15, 0.2) is 6.23 Å². The number of rotatable bonds is 1. The van der Waals surface area contributed by atoms with E-state index in [0.29, 0.717) is 11.1 Å². The molecule has 2 rings (SSSR count). The molecular weight excluding hydrogens is 180 g/mol. The highest BCUT2D eigenvalue weighted by atomic mass is 16.3. The molecule has 1 amide bonds. The van der Waals surface area contributed by atoms with Crippen molar-refractivity contribution >= 4 is 5.91 Å². The minimum absolute atomic E-state index is 0.155. The molecule has 74 valence electrons. The fourth-order valence-corrected chi connectivity index (χ4v) is 1.68. The van der Waals surface area contributed by atoms with Crippen LogP contribution >= 0.6 is 0 Å². The molecule has 4 heteroatoms. The van der Waals surface area contributed by atoms with Crippen molar-refractivity contribution in [1.82, 2.24) is 10.0 Å². The Labute approximate surface area is 82.3 Å². The molecule has 1 aliphatic rings. The monoisotopic (exact) mass is 192 g/mol. The average Bonchev–Trinajstić information content (AvgIpc) is 2.41. The second-order valence-corrected chi connectivity index (χ2v) is 3.46. The largest absolute Gasteiger partial charge is 0.368 e. The predicted molar refractivity (Wildman–Crippen MR) is 51.3 cm³/mol. The number of hydrogen-bond donors (Lipinski definition) is 1. The quantitative estimate of drug-likeness (QED) is 0.709. The molecule has 1 aromatic carbocycles. The molecule has 0 spiro atoms. The van der Waals surface area contributed by atoms with Gasteiger partial charge >= 0.3 is 0 Å². The summed E-state index contributed by atoms with van der Waals surface area (Å²) < 4.78 is 0. The molecule has 0 saturated heterocycles. The second kappa shape index (κ2) is 3.08. The number of aliphatic hydroxyl groups excluding tert-OH is 1.